The summed E-state index contributed by atoms with van der Waals surface area (Å²) in [6, 6.07) is 12.4. The number of nitrogens with two attached hydrogens (primary N) is 1. The highest BCUT2D eigenvalue weighted by Crippen LogP contribution is 2.49. The SMILES string of the molecule is CC(C)(C)CCN=C(N)N(C(=O)c1ccc(-c2ccc3c(c2)OC(F)(F)O3)cc1)[C@H](COC(=O)NC1(C(F)(F)F)CC1)c1ccc(Cl)c(-n2ncnc2C(F)F)c1. The number of aliphatic imine (C=N–C) groups is 1. The Hall–Kier alpha value is -5.59. The van der Waals surface area contributed by atoms with Crippen molar-refractivity contribution in [3.05, 3.63) is 89.0 Å². The van der Waals surface area contributed by atoms with E-state index in [-0.39, 0.29) is 64.1 Å². The van der Waals surface area contributed by atoms with Gasteiger partial charge in [0.05, 0.1) is 16.8 Å². The molecule has 0 radical (unpaired) electrons. The summed E-state index contributed by atoms with van der Waals surface area (Å²) in [5.74, 6) is -2.34. The van der Waals surface area contributed by atoms with E-state index in [9.17, 15) is 40.3 Å². The average molecular weight is 826 g/mol. The van der Waals surface area contributed by atoms with Crippen LogP contribution in [0, 0.1) is 5.41 Å². The largest absolute Gasteiger partial charge is 0.586 e. The van der Waals surface area contributed by atoms with Crippen LogP contribution in [0.25, 0.3) is 16.8 Å². The molecular formula is C37H35ClF7N7O5. The molecule has 3 N–H and O–H groups in total. The number of rotatable bonds is 11. The van der Waals surface area contributed by atoms with Crippen molar-refractivity contribution in [2.75, 3.05) is 13.2 Å². The smallest absolute Gasteiger partial charge is 0.447 e. The van der Waals surface area contributed by atoms with Gasteiger partial charge in [0.2, 0.25) is 0 Å². The zero-order valence-corrected chi connectivity index (χ0v) is 31.2. The molecule has 1 atom stereocenters. The average Bonchev–Trinajstić information content (AvgIpc) is 3.62. The van der Waals surface area contributed by atoms with E-state index in [4.69, 9.17) is 22.1 Å². The second-order valence-corrected chi connectivity index (χ2v) is 14.9. The molecule has 1 fully saturated rings. The molecule has 6 rings (SSSR count). The van der Waals surface area contributed by atoms with Crippen LogP contribution in [0.3, 0.4) is 0 Å². The van der Waals surface area contributed by atoms with Crippen LogP contribution >= 0.6 is 11.6 Å². The number of amides is 2. The maximum Gasteiger partial charge on any atom is 0.586 e. The molecule has 2 amide bonds. The molecule has 12 nitrogen and oxygen atoms in total. The molecule has 0 unspecified atom stereocenters. The lowest BCUT2D eigenvalue weighted by molar-refractivity contribution is -0.286. The van der Waals surface area contributed by atoms with Crippen LogP contribution in [-0.4, -0.2) is 68.8 Å². The molecule has 304 valence electrons. The highest BCUT2D eigenvalue weighted by Gasteiger charge is 2.64. The van der Waals surface area contributed by atoms with Crippen LogP contribution in [0.5, 0.6) is 11.5 Å². The standard InChI is InChI=1S/C37H35ClF7N7O5/c1-34(2,3)14-15-47-32(46)51(31(53)21-6-4-20(5-7-21)22-9-11-27-28(17-22)57-37(44,45)56-27)26(18-55-33(54)50-35(12-13-35)36(41,42)43)23-8-10-24(38)25(16-23)52-30(29(39)40)48-19-49-52/h4-11,16-17,19,26,29H,12-15,18H2,1-3H3,(H2,46,47)(H,50,54)/t26-/m1/s1. The maximum atomic E-state index is 14.6. The first-order valence-corrected chi connectivity index (χ1v) is 17.7. The third-order valence-corrected chi connectivity index (χ3v) is 9.46. The van der Waals surface area contributed by atoms with E-state index in [0.717, 1.165) is 15.9 Å². The van der Waals surface area contributed by atoms with E-state index in [1.807, 2.05) is 26.1 Å². The highest BCUT2D eigenvalue weighted by molar-refractivity contribution is 6.32. The normalized spacial score (nSPS) is 16.3. The first-order valence-electron chi connectivity index (χ1n) is 17.3. The van der Waals surface area contributed by atoms with Gasteiger partial charge in [-0.25, -0.2) is 23.2 Å². The molecule has 0 bridgehead atoms. The Morgan fingerprint density at radius 3 is 2.32 bits per heavy atom. The zero-order valence-electron chi connectivity index (χ0n) is 30.4. The summed E-state index contributed by atoms with van der Waals surface area (Å²) in [6.45, 7) is 5.16. The van der Waals surface area contributed by atoms with Crippen LogP contribution in [0.15, 0.2) is 72.0 Å². The van der Waals surface area contributed by atoms with E-state index in [1.165, 1.54) is 60.7 Å². The molecule has 20 heteroatoms. The molecule has 0 spiro atoms. The van der Waals surface area contributed by atoms with E-state index in [0.29, 0.717) is 17.5 Å². The molecule has 4 aromatic rings. The number of benzene rings is 3. The maximum absolute atomic E-state index is 14.6. The number of aromatic nitrogens is 3. The Bertz CT molecular complexity index is 2170. The predicted molar refractivity (Wildman–Crippen MR) is 191 cm³/mol. The van der Waals surface area contributed by atoms with Crippen LogP contribution in [0.2, 0.25) is 5.02 Å². The van der Waals surface area contributed by atoms with Crippen molar-refractivity contribution in [2.45, 2.75) is 70.5 Å². The van der Waals surface area contributed by atoms with E-state index < -0.39 is 54.9 Å². The highest BCUT2D eigenvalue weighted by atomic mass is 35.5. The first-order chi connectivity index (χ1) is 26.7. The van der Waals surface area contributed by atoms with Gasteiger partial charge in [-0.2, -0.15) is 18.3 Å². The Balaban J connectivity index is 1.40. The van der Waals surface area contributed by atoms with Crippen LogP contribution in [-0.2, 0) is 4.74 Å². The molecule has 57 heavy (non-hydrogen) atoms. The lowest BCUT2D eigenvalue weighted by Crippen LogP contribution is -2.49. The molecule has 3 aromatic carbocycles. The van der Waals surface area contributed by atoms with Crippen molar-refractivity contribution in [3.63, 3.8) is 0 Å². The third kappa shape index (κ3) is 9.19. The minimum Gasteiger partial charge on any atom is -0.447 e. The molecule has 1 aromatic heterocycles. The number of alkyl halides is 7. The monoisotopic (exact) mass is 825 g/mol. The summed E-state index contributed by atoms with van der Waals surface area (Å²) in [5.41, 5.74) is 4.70. The topological polar surface area (TPSA) is 146 Å². The van der Waals surface area contributed by atoms with Crippen molar-refractivity contribution in [3.8, 4) is 28.3 Å². The fourth-order valence-corrected chi connectivity index (χ4v) is 6.05. The first kappa shape index (κ1) is 41.1. The second kappa shape index (κ2) is 15.4. The number of guanidine groups is 1. The Kier molecular flexibility index (Phi) is 11.1. The fraction of sp³-hybridized carbons (Fsp3) is 0.378. The summed E-state index contributed by atoms with van der Waals surface area (Å²) in [5, 5.41) is 5.65. The van der Waals surface area contributed by atoms with Gasteiger partial charge in [0, 0.05) is 12.1 Å². The van der Waals surface area contributed by atoms with Crippen molar-refractivity contribution in [1.82, 2.24) is 25.0 Å². The van der Waals surface area contributed by atoms with Crippen LogP contribution in [0.1, 0.15) is 74.2 Å². The number of carbonyl (C=O) groups excluding carboxylic acids is 2. The number of nitrogens with zero attached hydrogens (tertiary/aromatic N) is 5. The minimum atomic E-state index is -4.76. The number of carbonyl (C=O) groups is 2. The number of halogens is 8. The predicted octanol–water partition coefficient (Wildman–Crippen LogP) is 8.60. The van der Waals surface area contributed by atoms with E-state index >= 15 is 0 Å². The molecule has 2 heterocycles. The molecule has 1 aliphatic carbocycles. The Morgan fingerprint density at radius 2 is 1.68 bits per heavy atom. The van der Waals surface area contributed by atoms with Crippen LogP contribution in [0.4, 0.5) is 35.5 Å². The van der Waals surface area contributed by atoms with Gasteiger partial charge in [-0.15, -0.1) is 8.78 Å². The van der Waals surface area contributed by atoms with Gasteiger partial charge in [-0.1, -0.05) is 56.6 Å². The lowest BCUT2D eigenvalue weighted by Gasteiger charge is -2.32. The fourth-order valence-electron chi connectivity index (χ4n) is 5.85. The van der Waals surface area contributed by atoms with Gasteiger partial charge in [0.1, 0.15) is 18.5 Å². The van der Waals surface area contributed by atoms with Gasteiger partial charge in [0.15, 0.2) is 23.3 Å². The van der Waals surface area contributed by atoms with Crippen LogP contribution < -0.4 is 20.5 Å². The minimum absolute atomic E-state index is 0.00564. The summed E-state index contributed by atoms with van der Waals surface area (Å²) in [4.78, 5) is 36.5. The van der Waals surface area contributed by atoms with Crippen molar-refractivity contribution in [1.29, 1.82) is 0 Å². The Labute approximate surface area is 325 Å². The van der Waals surface area contributed by atoms with Gasteiger partial charge in [-0.3, -0.25) is 14.7 Å². The van der Waals surface area contributed by atoms with Crippen molar-refractivity contribution in [2.24, 2.45) is 16.1 Å². The van der Waals surface area contributed by atoms with Crippen molar-refractivity contribution >= 4 is 29.6 Å². The van der Waals surface area contributed by atoms with Crippen molar-refractivity contribution < 1.29 is 54.5 Å². The lowest BCUT2D eigenvalue weighted by atomic mass is 9.92. The third-order valence-electron chi connectivity index (χ3n) is 9.14. The number of nitrogens with one attached hydrogen (secondary N) is 1. The van der Waals surface area contributed by atoms with Gasteiger partial charge >= 0.3 is 18.6 Å². The summed E-state index contributed by atoms with van der Waals surface area (Å²) in [7, 11) is 0. The summed E-state index contributed by atoms with van der Waals surface area (Å²) in [6.07, 6.45) is -12.5. The number of fused-ring (bicyclic) bond motifs is 1. The molecule has 1 aliphatic heterocycles. The Morgan fingerprint density at radius 1 is 1.02 bits per heavy atom. The van der Waals surface area contributed by atoms with Gasteiger partial charge < -0.3 is 25.3 Å². The molecule has 1 saturated carbocycles. The quantitative estimate of drug-likeness (QED) is 0.0869. The van der Waals surface area contributed by atoms with E-state index in [1.54, 1.807) is 0 Å². The molecule has 0 saturated heterocycles. The van der Waals surface area contributed by atoms with Gasteiger partial charge in [0.25, 0.3) is 12.3 Å². The summed E-state index contributed by atoms with van der Waals surface area (Å²) < 4.78 is 111. The second-order valence-electron chi connectivity index (χ2n) is 14.5. The van der Waals surface area contributed by atoms with E-state index in [2.05, 4.69) is 24.5 Å². The number of ether oxygens (including phenoxy) is 3. The number of alkyl carbamates (subject to hydrolysis) is 1. The molecular weight excluding hydrogens is 791 g/mol. The number of hydrogen-bond acceptors (Lipinski definition) is 8. The number of hydrogen-bond donors (Lipinski definition) is 2. The molecule has 2 aliphatic rings. The zero-order chi connectivity index (χ0) is 41.5. The van der Waals surface area contributed by atoms with Gasteiger partial charge in [-0.05, 0) is 77.8 Å². The summed E-state index contributed by atoms with van der Waals surface area (Å²) >= 11 is 6.42.